The topological polar surface area (TPSA) is 55.6 Å². The van der Waals surface area contributed by atoms with Crippen molar-refractivity contribution >= 4 is 33.0 Å². The second-order valence-corrected chi connectivity index (χ2v) is 6.49. The maximum atomic E-state index is 3.99. The van der Waals surface area contributed by atoms with Gasteiger partial charge in [-0.05, 0) is 69.8 Å². The second-order valence-electron chi connectivity index (χ2n) is 4.69. The molecule has 7 heteroatoms. The molecule has 0 aliphatic carbocycles. The summed E-state index contributed by atoms with van der Waals surface area (Å²) in [6, 6.07) is 10.4. The molecule has 0 bridgehead atoms. The number of aromatic nitrogens is 4. The Kier molecular flexibility index (Phi) is 4.03. The van der Waals surface area contributed by atoms with Crippen molar-refractivity contribution in [1.29, 1.82) is 0 Å². The number of benzene rings is 1. The van der Waals surface area contributed by atoms with Crippen LogP contribution in [0.5, 0.6) is 0 Å². The number of halogens is 1. The molecule has 2 heterocycles. The van der Waals surface area contributed by atoms with E-state index in [9.17, 15) is 0 Å². The van der Waals surface area contributed by atoms with Gasteiger partial charge in [-0.3, -0.25) is 0 Å². The van der Waals surface area contributed by atoms with E-state index in [-0.39, 0.29) is 6.04 Å². The van der Waals surface area contributed by atoms with E-state index in [4.69, 9.17) is 0 Å². The summed E-state index contributed by atoms with van der Waals surface area (Å²) in [7, 11) is 0. The molecule has 0 fully saturated rings. The van der Waals surface area contributed by atoms with E-state index >= 15 is 0 Å². The first-order valence-electron chi connectivity index (χ1n) is 6.50. The molecule has 0 aliphatic heterocycles. The first-order valence-corrected chi connectivity index (χ1v) is 8.17. The van der Waals surface area contributed by atoms with Crippen LogP contribution in [0.1, 0.15) is 23.7 Å². The molecule has 0 spiro atoms. The van der Waals surface area contributed by atoms with Gasteiger partial charge in [-0.15, -0.1) is 16.4 Å². The molecule has 1 atom stereocenters. The molecule has 1 N–H and O–H groups in total. The highest BCUT2D eigenvalue weighted by molar-refractivity contribution is 9.10. The zero-order chi connectivity index (χ0) is 14.8. The molecular weight excluding hydrogens is 350 g/mol. The van der Waals surface area contributed by atoms with Crippen LogP contribution in [-0.2, 0) is 0 Å². The number of nitrogens with zero attached hydrogens (tertiary/aromatic N) is 4. The number of nitrogens with one attached hydrogen (secondary N) is 1. The molecule has 0 saturated carbocycles. The first-order chi connectivity index (χ1) is 10.1. The Labute approximate surface area is 135 Å². The Morgan fingerprint density at radius 2 is 2.19 bits per heavy atom. The third-order valence-electron chi connectivity index (χ3n) is 3.14. The molecule has 21 heavy (non-hydrogen) atoms. The van der Waals surface area contributed by atoms with E-state index < -0.39 is 0 Å². The van der Waals surface area contributed by atoms with Crippen LogP contribution in [-0.4, -0.2) is 20.2 Å². The minimum Gasteiger partial charge on any atom is -0.378 e. The SMILES string of the molecule is Cc1nnnn1-c1cccc(NC(C)c2sccc2Br)c1. The maximum absolute atomic E-state index is 3.99. The molecule has 1 aromatic carbocycles. The lowest BCUT2D eigenvalue weighted by molar-refractivity contribution is 0.779. The predicted molar refractivity (Wildman–Crippen MR) is 87.9 cm³/mol. The molecule has 3 aromatic rings. The Hall–Kier alpha value is -1.73. The Morgan fingerprint density at radius 3 is 2.86 bits per heavy atom. The van der Waals surface area contributed by atoms with Gasteiger partial charge in [0.15, 0.2) is 5.82 Å². The van der Waals surface area contributed by atoms with Crippen LogP contribution >= 0.6 is 27.3 Å². The van der Waals surface area contributed by atoms with Gasteiger partial charge < -0.3 is 5.32 Å². The number of tetrazole rings is 1. The first kappa shape index (κ1) is 14.2. The Balaban J connectivity index is 1.84. The molecule has 3 rings (SSSR count). The van der Waals surface area contributed by atoms with Crippen LogP contribution in [0.25, 0.3) is 5.69 Å². The van der Waals surface area contributed by atoms with Crippen LogP contribution in [0.4, 0.5) is 5.69 Å². The molecule has 0 saturated heterocycles. The van der Waals surface area contributed by atoms with Gasteiger partial charge in [0, 0.05) is 15.0 Å². The zero-order valence-corrected chi connectivity index (χ0v) is 14.0. The minimum atomic E-state index is 0.226. The van der Waals surface area contributed by atoms with E-state index in [0.717, 1.165) is 21.7 Å². The summed E-state index contributed by atoms with van der Waals surface area (Å²) in [6.07, 6.45) is 0. The number of anilines is 1. The van der Waals surface area contributed by atoms with Crippen molar-refractivity contribution in [2.24, 2.45) is 0 Å². The standard InChI is InChI=1S/C14H14BrN5S/c1-9(14-13(15)6-7-21-14)16-11-4-3-5-12(8-11)20-10(2)17-18-19-20/h3-9,16H,1-2H3. The Bertz CT molecular complexity index is 751. The quantitative estimate of drug-likeness (QED) is 0.761. The lowest BCUT2D eigenvalue weighted by Gasteiger charge is -2.15. The fraction of sp³-hybridized carbons (Fsp3) is 0.214. The van der Waals surface area contributed by atoms with Gasteiger partial charge in [0.1, 0.15) is 0 Å². The van der Waals surface area contributed by atoms with Crippen molar-refractivity contribution in [2.75, 3.05) is 5.32 Å². The van der Waals surface area contributed by atoms with Gasteiger partial charge in [-0.25, -0.2) is 0 Å². The van der Waals surface area contributed by atoms with E-state index in [2.05, 4.69) is 55.1 Å². The van der Waals surface area contributed by atoms with Gasteiger partial charge in [-0.2, -0.15) is 4.68 Å². The van der Waals surface area contributed by atoms with E-state index in [1.54, 1.807) is 16.0 Å². The molecule has 1 unspecified atom stereocenters. The summed E-state index contributed by atoms with van der Waals surface area (Å²) < 4.78 is 2.86. The summed E-state index contributed by atoms with van der Waals surface area (Å²) in [5.41, 5.74) is 1.98. The fourth-order valence-corrected chi connectivity index (χ4v) is 3.85. The van der Waals surface area contributed by atoms with Gasteiger partial charge in [0.05, 0.1) is 11.7 Å². The van der Waals surface area contributed by atoms with Crippen molar-refractivity contribution in [2.45, 2.75) is 19.9 Å². The van der Waals surface area contributed by atoms with E-state index in [1.807, 2.05) is 31.2 Å². The lowest BCUT2D eigenvalue weighted by atomic mass is 10.2. The lowest BCUT2D eigenvalue weighted by Crippen LogP contribution is -2.06. The van der Waals surface area contributed by atoms with Gasteiger partial charge in [0.25, 0.3) is 0 Å². The minimum absolute atomic E-state index is 0.226. The van der Waals surface area contributed by atoms with Crippen molar-refractivity contribution in [3.63, 3.8) is 0 Å². The largest absolute Gasteiger partial charge is 0.378 e. The molecule has 0 radical (unpaired) electrons. The molecule has 2 aromatic heterocycles. The molecule has 5 nitrogen and oxygen atoms in total. The van der Waals surface area contributed by atoms with E-state index in [1.165, 1.54) is 4.88 Å². The average Bonchev–Trinajstić information content (AvgIpc) is 3.07. The highest BCUT2D eigenvalue weighted by atomic mass is 79.9. The van der Waals surface area contributed by atoms with Crippen molar-refractivity contribution in [3.8, 4) is 5.69 Å². The summed E-state index contributed by atoms with van der Waals surface area (Å²) in [6.45, 7) is 4.02. The normalized spacial score (nSPS) is 12.3. The number of hydrogen-bond acceptors (Lipinski definition) is 5. The summed E-state index contributed by atoms with van der Waals surface area (Å²) in [4.78, 5) is 1.28. The summed E-state index contributed by atoms with van der Waals surface area (Å²) >= 11 is 5.31. The molecule has 0 amide bonds. The summed E-state index contributed by atoms with van der Waals surface area (Å²) in [5, 5.41) is 17.2. The highest BCUT2D eigenvalue weighted by Crippen LogP contribution is 2.31. The summed E-state index contributed by atoms with van der Waals surface area (Å²) in [5.74, 6) is 0.765. The second kappa shape index (κ2) is 5.95. The van der Waals surface area contributed by atoms with Gasteiger partial charge >= 0.3 is 0 Å². The van der Waals surface area contributed by atoms with Crippen LogP contribution in [0, 0.1) is 6.92 Å². The van der Waals surface area contributed by atoms with Crippen molar-refractivity contribution in [3.05, 3.63) is 50.9 Å². The number of aryl methyl sites for hydroxylation is 1. The molecule has 0 aliphatic rings. The third kappa shape index (κ3) is 2.98. The van der Waals surface area contributed by atoms with Crippen LogP contribution in [0.15, 0.2) is 40.2 Å². The highest BCUT2D eigenvalue weighted by Gasteiger charge is 2.11. The monoisotopic (exact) mass is 363 g/mol. The zero-order valence-electron chi connectivity index (χ0n) is 11.6. The van der Waals surface area contributed by atoms with Crippen LogP contribution in [0.2, 0.25) is 0 Å². The number of rotatable bonds is 4. The van der Waals surface area contributed by atoms with Crippen molar-refractivity contribution < 1.29 is 0 Å². The number of hydrogen-bond donors (Lipinski definition) is 1. The third-order valence-corrected chi connectivity index (χ3v) is 5.19. The molecular formula is C14H14BrN5S. The predicted octanol–water partition coefficient (Wildman–Crippen LogP) is 3.97. The Morgan fingerprint density at radius 1 is 1.33 bits per heavy atom. The van der Waals surface area contributed by atoms with Gasteiger partial charge in [-0.1, -0.05) is 6.07 Å². The van der Waals surface area contributed by atoms with Crippen LogP contribution in [0.3, 0.4) is 0 Å². The molecule has 108 valence electrons. The van der Waals surface area contributed by atoms with Crippen molar-refractivity contribution in [1.82, 2.24) is 20.2 Å². The fourth-order valence-electron chi connectivity index (χ4n) is 2.13. The number of thiophene rings is 1. The maximum Gasteiger partial charge on any atom is 0.153 e. The van der Waals surface area contributed by atoms with E-state index in [0.29, 0.717) is 0 Å². The van der Waals surface area contributed by atoms with Gasteiger partial charge in [0.2, 0.25) is 0 Å². The average molecular weight is 364 g/mol. The smallest absolute Gasteiger partial charge is 0.153 e. The van der Waals surface area contributed by atoms with Crippen LogP contribution < -0.4 is 5.32 Å².